The van der Waals surface area contributed by atoms with Crippen molar-refractivity contribution in [3.05, 3.63) is 65.7 Å². The Kier molecular flexibility index (Phi) is 5.68. The average Bonchev–Trinajstić information content (AvgIpc) is 2.89. The van der Waals surface area contributed by atoms with Crippen molar-refractivity contribution < 1.29 is 4.74 Å². The van der Waals surface area contributed by atoms with E-state index in [0.717, 1.165) is 24.4 Å². The van der Waals surface area contributed by atoms with Gasteiger partial charge in [-0.1, -0.05) is 43.2 Å². The first kappa shape index (κ1) is 15.6. The molecule has 0 spiro atoms. The van der Waals surface area contributed by atoms with Gasteiger partial charge in [0.1, 0.15) is 12.4 Å². The van der Waals surface area contributed by atoms with Gasteiger partial charge in [-0.05, 0) is 48.2 Å². The molecule has 0 N–H and O–H groups in total. The fraction of sp³-hybridized carbons (Fsp3) is 0.350. The van der Waals surface area contributed by atoms with Crippen LogP contribution in [0.2, 0.25) is 0 Å². The lowest BCUT2D eigenvalue weighted by Gasteiger charge is -2.15. The molecule has 0 saturated carbocycles. The van der Waals surface area contributed by atoms with E-state index in [9.17, 15) is 0 Å². The van der Waals surface area contributed by atoms with Crippen LogP contribution >= 0.6 is 0 Å². The SMILES string of the molecule is C(=N\N1CCCCCC1)/c1ccc(OCc2ccccc2)cc1. The first-order valence-corrected chi connectivity index (χ1v) is 8.46. The van der Waals surface area contributed by atoms with Crippen molar-refractivity contribution in [3.63, 3.8) is 0 Å². The molecule has 1 saturated heterocycles. The van der Waals surface area contributed by atoms with Crippen LogP contribution in [0.3, 0.4) is 0 Å². The van der Waals surface area contributed by atoms with E-state index in [1.807, 2.05) is 36.5 Å². The second-order valence-corrected chi connectivity index (χ2v) is 5.96. The second-order valence-electron chi connectivity index (χ2n) is 5.96. The Labute approximate surface area is 138 Å². The van der Waals surface area contributed by atoms with Gasteiger partial charge in [0.25, 0.3) is 0 Å². The van der Waals surface area contributed by atoms with Crippen LogP contribution in [-0.4, -0.2) is 24.3 Å². The minimum absolute atomic E-state index is 0.599. The molecule has 3 nitrogen and oxygen atoms in total. The maximum atomic E-state index is 5.80. The van der Waals surface area contributed by atoms with Crippen LogP contribution < -0.4 is 4.74 Å². The Bertz CT molecular complexity index is 599. The van der Waals surface area contributed by atoms with Gasteiger partial charge in [0.05, 0.1) is 6.21 Å². The summed E-state index contributed by atoms with van der Waals surface area (Å²) in [7, 11) is 0. The van der Waals surface area contributed by atoms with Crippen LogP contribution in [-0.2, 0) is 6.61 Å². The summed E-state index contributed by atoms with van der Waals surface area (Å²) in [6.45, 7) is 2.76. The molecule has 0 aliphatic carbocycles. The molecule has 0 unspecified atom stereocenters. The standard InChI is InChI=1S/C20H24N2O/c1-2-7-15-22(14-6-1)21-16-18-10-12-20(13-11-18)23-17-19-8-4-3-5-9-19/h3-5,8-13,16H,1-2,6-7,14-15,17H2/b21-16+. The van der Waals surface area contributed by atoms with Gasteiger partial charge in [-0.3, -0.25) is 5.01 Å². The zero-order valence-corrected chi connectivity index (χ0v) is 13.5. The maximum Gasteiger partial charge on any atom is 0.119 e. The van der Waals surface area contributed by atoms with E-state index in [2.05, 4.69) is 34.4 Å². The van der Waals surface area contributed by atoms with E-state index >= 15 is 0 Å². The number of nitrogens with zero attached hydrogens (tertiary/aromatic N) is 2. The molecule has 1 aliphatic heterocycles. The molecule has 0 atom stereocenters. The Morgan fingerprint density at radius 3 is 2.26 bits per heavy atom. The van der Waals surface area contributed by atoms with Crippen molar-refractivity contribution in [2.24, 2.45) is 5.10 Å². The highest BCUT2D eigenvalue weighted by molar-refractivity contribution is 5.79. The number of hydrogen-bond acceptors (Lipinski definition) is 3. The fourth-order valence-electron chi connectivity index (χ4n) is 2.71. The van der Waals surface area contributed by atoms with Crippen LogP contribution in [0, 0.1) is 0 Å². The highest BCUT2D eigenvalue weighted by atomic mass is 16.5. The van der Waals surface area contributed by atoms with Crippen molar-refractivity contribution in [1.29, 1.82) is 0 Å². The Balaban J connectivity index is 1.52. The largest absolute Gasteiger partial charge is 0.489 e. The summed E-state index contributed by atoms with van der Waals surface area (Å²) >= 11 is 0. The topological polar surface area (TPSA) is 24.8 Å². The lowest BCUT2D eigenvalue weighted by atomic mass is 10.2. The van der Waals surface area contributed by atoms with Crippen molar-refractivity contribution in [1.82, 2.24) is 5.01 Å². The van der Waals surface area contributed by atoms with Crippen molar-refractivity contribution in [3.8, 4) is 5.75 Å². The zero-order valence-electron chi connectivity index (χ0n) is 13.5. The molecule has 1 heterocycles. The third kappa shape index (κ3) is 5.13. The van der Waals surface area contributed by atoms with Crippen molar-refractivity contribution >= 4 is 6.21 Å². The van der Waals surface area contributed by atoms with E-state index in [0.29, 0.717) is 6.61 Å². The van der Waals surface area contributed by atoms with Crippen LogP contribution in [0.15, 0.2) is 59.7 Å². The molecule has 2 aromatic rings. The monoisotopic (exact) mass is 308 g/mol. The predicted octanol–water partition coefficient (Wildman–Crippen LogP) is 4.48. The first-order valence-electron chi connectivity index (χ1n) is 8.46. The van der Waals surface area contributed by atoms with Crippen LogP contribution in [0.25, 0.3) is 0 Å². The molecule has 23 heavy (non-hydrogen) atoms. The van der Waals surface area contributed by atoms with Crippen LogP contribution in [0.5, 0.6) is 5.75 Å². The van der Waals surface area contributed by atoms with E-state index in [1.54, 1.807) is 0 Å². The summed E-state index contributed by atoms with van der Waals surface area (Å²) in [5.74, 6) is 0.890. The van der Waals surface area contributed by atoms with Crippen LogP contribution in [0.1, 0.15) is 36.8 Å². The lowest BCUT2D eigenvalue weighted by Crippen LogP contribution is -2.18. The highest BCUT2D eigenvalue weighted by Gasteiger charge is 2.05. The zero-order chi connectivity index (χ0) is 15.7. The molecule has 120 valence electrons. The van der Waals surface area contributed by atoms with Gasteiger partial charge in [0.2, 0.25) is 0 Å². The predicted molar refractivity (Wildman–Crippen MR) is 94.9 cm³/mol. The van der Waals surface area contributed by atoms with Gasteiger partial charge in [-0.15, -0.1) is 0 Å². The highest BCUT2D eigenvalue weighted by Crippen LogP contribution is 2.14. The van der Waals surface area contributed by atoms with Gasteiger partial charge >= 0.3 is 0 Å². The summed E-state index contributed by atoms with van der Waals surface area (Å²) in [6, 6.07) is 18.3. The summed E-state index contributed by atoms with van der Waals surface area (Å²) in [5, 5.41) is 6.79. The third-order valence-corrected chi connectivity index (χ3v) is 4.08. The Hall–Kier alpha value is -2.29. The number of hydrogen-bond donors (Lipinski definition) is 0. The molecule has 0 aromatic heterocycles. The molecule has 0 bridgehead atoms. The van der Waals surface area contributed by atoms with Gasteiger partial charge < -0.3 is 4.74 Å². The Morgan fingerprint density at radius 1 is 0.870 bits per heavy atom. The summed E-state index contributed by atoms with van der Waals surface area (Å²) in [5.41, 5.74) is 2.29. The molecule has 3 heteroatoms. The van der Waals surface area contributed by atoms with Crippen molar-refractivity contribution in [2.45, 2.75) is 32.3 Å². The van der Waals surface area contributed by atoms with Crippen LogP contribution in [0.4, 0.5) is 0 Å². The minimum Gasteiger partial charge on any atom is -0.489 e. The molecular formula is C20H24N2O. The van der Waals surface area contributed by atoms with Gasteiger partial charge in [0, 0.05) is 13.1 Å². The third-order valence-electron chi connectivity index (χ3n) is 4.08. The number of hydrazone groups is 1. The molecule has 1 fully saturated rings. The van der Waals surface area contributed by atoms with E-state index < -0.39 is 0 Å². The second kappa shape index (κ2) is 8.37. The molecule has 1 aliphatic rings. The molecule has 0 radical (unpaired) electrons. The molecule has 2 aromatic carbocycles. The number of ether oxygens (including phenoxy) is 1. The van der Waals surface area contributed by atoms with E-state index in [-0.39, 0.29) is 0 Å². The smallest absolute Gasteiger partial charge is 0.119 e. The maximum absolute atomic E-state index is 5.80. The average molecular weight is 308 g/mol. The summed E-state index contributed by atoms with van der Waals surface area (Å²) in [6.07, 6.45) is 7.12. The summed E-state index contributed by atoms with van der Waals surface area (Å²) < 4.78 is 5.80. The number of benzene rings is 2. The fourth-order valence-corrected chi connectivity index (χ4v) is 2.71. The minimum atomic E-state index is 0.599. The Morgan fingerprint density at radius 2 is 1.57 bits per heavy atom. The lowest BCUT2D eigenvalue weighted by molar-refractivity contribution is 0.302. The van der Waals surface area contributed by atoms with Gasteiger partial charge in [0.15, 0.2) is 0 Å². The van der Waals surface area contributed by atoms with E-state index in [1.165, 1.54) is 31.2 Å². The van der Waals surface area contributed by atoms with Gasteiger partial charge in [-0.2, -0.15) is 5.10 Å². The molecular weight excluding hydrogens is 284 g/mol. The van der Waals surface area contributed by atoms with Crippen molar-refractivity contribution in [2.75, 3.05) is 13.1 Å². The van der Waals surface area contributed by atoms with E-state index in [4.69, 9.17) is 4.74 Å². The quantitative estimate of drug-likeness (QED) is 0.761. The van der Waals surface area contributed by atoms with Gasteiger partial charge in [-0.25, -0.2) is 0 Å². The molecule has 3 rings (SSSR count). The molecule has 0 amide bonds. The normalized spacial score (nSPS) is 15.6. The number of rotatable bonds is 5. The summed E-state index contributed by atoms with van der Waals surface area (Å²) in [4.78, 5) is 0. The first-order chi connectivity index (χ1) is 11.4.